The van der Waals surface area contributed by atoms with Crippen molar-refractivity contribution in [1.29, 1.82) is 0 Å². The summed E-state index contributed by atoms with van der Waals surface area (Å²) in [5.41, 5.74) is 15.8. The highest BCUT2D eigenvalue weighted by molar-refractivity contribution is 7.25. The van der Waals surface area contributed by atoms with Crippen LogP contribution in [0.4, 0.5) is 34.1 Å². The molecule has 12 aromatic rings. The van der Waals surface area contributed by atoms with Crippen molar-refractivity contribution in [2.75, 3.05) is 9.80 Å². The summed E-state index contributed by atoms with van der Waals surface area (Å²) in [4.78, 5) is 4.85. The Morgan fingerprint density at radius 1 is 0.224 bits per heavy atom. The van der Waals surface area contributed by atoms with Crippen LogP contribution in [0.15, 0.2) is 267 Å². The highest BCUT2D eigenvalue weighted by Gasteiger charge is 2.22. The fourth-order valence-corrected chi connectivity index (χ4v) is 10.6. The molecule has 1 heterocycles. The molecule has 0 amide bonds. The smallest absolute Gasteiger partial charge is 0.0488 e. The topological polar surface area (TPSA) is 6.48 Å². The first-order chi connectivity index (χ1) is 33.2. The Balaban J connectivity index is 1.10. The van der Waals surface area contributed by atoms with E-state index >= 15 is 0 Å². The summed E-state index contributed by atoms with van der Waals surface area (Å²) >= 11 is 1.85. The maximum Gasteiger partial charge on any atom is 0.0488 e. The van der Waals surface area contributed by atoms with Crippen LogP contribution in [-0.2, 0) is 0 Å². The fourth-order valence-electron chi connectivity index (χ4n) is 9.53. The molecule has 1 aromatic heterocycles. The van der Waals surface area contributed by atoms with Crippen LogP contribution in [0.1, 0.15) is 0 Å². The van der Waals surface area contributed by atoms with Gasteiger partial charge in [-0.1, -0.05) is 188 Å². The zero-order chi connectivity index (χ0) is 44.5. The number of hydrogen-bond donors (Lipinski definition) is 0. The van der Waals surface area contributed by atoms with E-state index in [0.29, 0.717) is 0 Å². The lowest BCUT2D eigenvalue weighted by atomic mass is 9.96. The third-order valence-corrected chi connectivity index (χ3v) is 14.0. The summed E-state index contributed by atoms with van der Waals surface area (Å²) < 4.78 is 2.57. The number of anilines is 6. The van der Waals surface area contributed by atoms with Crippen molar-refractivity contribution < 1.29 is 0 Å². The summed E-state index contributed by atoms with van der Waals surface area (Å²) in [6.45, 7) is 0. The molecule has 0 unspecified atom stereocenters. The van der Waals surface area contributed by atoms with Gasteiger partial charge in [-0.2, -0.15) is 0 Å². The van der Waals surface area contributed by atoms with Gasteiger partial charge in [-0.15, -0.1) is 11.3 Å². The molecule has 0 N–H and O–H groups in total. The van der Waals surface area contributed by atoms with Crippen molar-refractivity contribution in [3.63, 3.8) is 0 Å². The summed E-state index contributed by atoms with van der Waals surface area (Å²) in [5, 5.41) is 4.95. The van der Waals surface area contributed by atoms with Crippen LogP contribution in [0.25, 0.3) is 75.5 Å². The number of nitrogens with zero attached hydrogens (tertiary/aromatic N) is 2. The van der Waals surface area contributed by atoms with Crippen molar-refractivity contribution in [2.45, 2.75) is 0 Å². The van der Waals surface area contributed by atoms with Crippen molar-refractivity contribution in [1.82, 2.24) is 0 Å². The Kier molecular flexibility index (Phi) is 10.4. The molecule has 316 valence electrons. The molecular weight excluding hydrogens is 829 g/mol. The van der Waals surface area contributed by atoms with Gasteiger partial charge in [0.05, 0.1) is 0 Å². The minimum absolute atomic E-state index is 1.05. The van der Waals surface area contributed by atoms with Crippen molar-refractivity contribution >= 4 is 76.4 Å². The van der Waals surface area contributed by atoms with Crippen LogP contribution in [0.2, 0.25) is 0 Å². The van der Waals surface area contributed by atoms with E-state index in [1.807, 2.05) is 11.3 Å². The fraction of sp³-hybridized carbons (Fsp3) is 0. The van der Waals surface area contributed by atoms with Gasteiger partial charge in [-0.05, 0) is 134 Å². The standard InChI is InChI=1S/C64H44N2S/c1-4-15-45(16-5-1)48-27-33-53(34-28-48)65(54-35-29-49(30-36-54)46-17-6-2-7-18-46)57-41-52(60-25-14-22-51-21-10-11-23-59(51)60)42-58(43-57)66(55-37-31-50(32-38-55)47-19-8-3-9-20-47)56-39-40-64-62(44-56)61-24-12-13-26-63(61)67-64/h1-44H. The lowest BCUT2D eigenvalue weighted by molar-refractivity contribution is 1.25. The van der Waals surface area contributed by atoms with Gasteiger partial charge in [-0.25, -0.2) is 0 Å². The molecular formula is C64H44N2S. The van der Waals surface area contributed by atoms with Gasteiger partial charge in [0.25, 0.3) is 0 Å². The molecule has 0 aliphatic carbocycles. The van der Waals surface area contributed by atoms with Crippen molar-refractivity contribution in [3.8, 4) is 44.5 Å². The highest BCUT2D eigenvalue weighted by Crippen LogP contribution is 2.46. The second-order valence-electron chi connectivity index (χ2n) is 17.0. The summed E-state index contributed by atoms with van der Waals surface area (Å²) in [6, 6.07) is 97.1. The van der Waals surface area contributed by atoms with Crippen LogP contribution >= 0.6 is 11.3 Å². The third-order valence-electron chi connectivity index (χ3n) is 12.8. The van der Waals surface area contributed by atoms with E-state index in [2.05, 4.69) is 277 Å². The Hall–Kier alpha value is -8.50. The van der Waals surface area contributed by atoms with Crippen LogP contribution in [0.3, 0.4) is 0 Å². The Morgan fingerprint density at radius 3 is 1.16 bits per heavy atom. The maximum atomic E-state index is 2.44. The monoisotopic (exact) mass is 872 g/mol. The van der Waals surface area contributed by atoms with Gasteiger partial charge in [0, 0.05) is 54.3 Å². The van der Waals surface area contributed by atoms with Crippen LogP contribution < -0.4 is 9.80 Å². The summed E-state index contributed by atoms with van der Waals surface area (Å²) in [5.74, 6) is 0. The third kappa shape index (κ3) is 7.82. The Morgan fingerprint density at radius 2 is 0.627 bits per heavy atom. The first-order valence-corrected chi connectivity index (χ1v) is 23.6. The van der Waals surface area contributed by atoms with Gasteiger partial charge in [-0.3, -0.25) is 0 Å². The van der Waals surface area contributed by atoms with Crippen molar-refractivity contribution in [3.05, 3.63) is 267 Å². The van der Waals surface area contributed by atoms with Gasteiger partial charge >= 0.3 is 0 Å². The predicted molar refractivity (Wildman–Crippen MR) is 288 cm³/mol. The minimum Gasteiger partial charge on any atom is -0.310 e. The molecule has 0 saturated heterocycles. The molecule has 3 heteroatoms. The van der Waals surface area contributed by atoms with Gasteiger partial charge < -0.3 is 9.80 Å². The number of rotatable bonds is 10. The zero-order valence-electron chi connectivity index (χ0n) is 36.7. The molecule has 0 aliphatic rings. The molecule has 67 heavy (non-hydrogen) atoms. The maximum absolute atomic E-state index is 2.44. The molecule has 0 aliphatic heterocycles. The lowest BCUT2D eigenvalue weighted by Gasteiger charge is -2.31. The lowest BCUT2D eigenvalue weighted by Crippen LogP contribution is -2.13. The molecule has 0 bridgehead atoms. The van der Waals surface area contributed by atoms with Gasteiger partial charge in [0.2, 0.25) is 0 Å². The second kappa shape index (κ2) is 17.5. The normalized spacial score (nSPS) is 11.3. The molecule has 11 aromatic carbocycles. The first-order valence-electron chi connectivity index (χ1n) is 22.8. The average Bonchev–Trinajstić information content (AvgIpc) is 3.78. The van der Waals surface area contributed by atoms with Crippen LogP contribution in [0, 0.1) is 0 Å². The predicted octanol–water partition coefficient (Wildman–Crippen LogP) is 18.8. The van der Waals surface area contributed by atoms with Crippen molar-refractivity contribution in [2.24, 2.45) is 0 Å². The molecule has 0 atom stereocenters. The molecule has 12 rings (SSSR count). The SMILES string of the molecule is c1ccc(-c2ccc(N(c3ccc(-c4ccccc4)cc3)c3cc(-c4cccc5ccccc45)cc(N(c4ccc(-c5ccccc5)cc4)c4ccc5sc6ccccc6c5c4)c3)cc2)cc1. The van der Waals surface area contributed by atoms with E-state index in [0.717, 1.165) is 39.7 Å². The molecule has 0 radical (unpaired) electrons. The zero-order valence-corrected chi connectivity index (χ0v) is 37.5. The van der Waals surface area contributed by atoms with E-state index in [9.17, 15) is 0 Å². The quantitative estimate of drug-likeness (QED) is 0.135. The van der Waals surface area contributed by atoms with Crippen LogP contribution in [-0.4, -0.2) is 0 Å². The van der Waals surface area contributed by atoms with E-state index in [1.165, 1.54) is 69.9 Å². The van der Waals surface area contributed by atoms with E-state index < -0.39 is 0 Å². The second-order valence-corrected chi connectivity index (χ2v) is 18.0. The Bertz CT molecular complexity index is 3570. The average molecular weight is 873 g/mol. The molecule has 0 fully saturated rings. The van der Waals surface area contributed by atoms with E-state index in [-0.39, 0.29) is 0 Å². The largest absolute Gasteiger partial charge is 0.310 e. The number of hydrogen-bond acceptors (Lipinski definition) is 3. The number of thiophene rings is 1. The molecule has 0 spiro atoms. The van der Waals surface area contributed by atoms with Crippen LogP contribution in [0.5, 0.6) is 0 Å². The van der Waals surface area contributed by atoms with E-state index in [1.54, 1.807) is 0 Å². The molecule has 0 saturated carbocycles. The summed E-state index contributed by atoms with van der Waals surface area (Å²) in [7, 11) is 0. The van der Waals surface area contributed by atoms with Gasteiger partial charge in [0.15, 0.2) is 0 Å². The first kappa shape index (κ1) is 40.0. The minimum atomic E-state index is 1.05. The van der Waals surface area contributed by atoms with E-state index in [4.69, 9.17) is 0 Å². The highest BCUT2D eigenvalue weighted by atomic mass is 32.1. The number of fused-ring (bicyclic) bond motifs is 4. The molecule has 2 nitrogen and oxygen atoms in total. The Labute approximate surface area is 395 Å². The van der Waals surface area contributed by atoms with Gasteiger partial charge in [0.1, 0.15) is 0 Å². The summed E-state index contributed by atoms with van der Waals surface area (Å²) in [6.07, 6.45) is 0. The number of benzene rings is 11.